The van der Waals surface area contributed by atoms with Crippen molar-refractivity contribution >= 4 is 5.71 Å². The molecule has 0 bridgehead atoms. The molecule has 1 heterocycles. The highest BCUT2D eigenvalue weighted by Crippen LogP contribution is 2.35. The summed E-state index contributed by atoms with van der Waals surface area (Å²) in [5.41, 5.74) is 6.82. The molecule has 1 aliphatic heterocycles. The van der Waals surface area contributed by atoms with Crippen LogP contribution in [-0.4, -0.2) is 5.71 Å². The van der Waals surface area contributed by atoms with Crippen LogP contribution in [0.5, 0.6) is 0 Å². The molecule has 0 N–H and O–H groups in total. The van der Waals surface area contributed by atoms with Crippen molar-refractivity contribution < 1.29 is 0 Å². The number of allylic oxidation sites excluding steroid dienone is 2. The van der Waals surface area contributed by atoms with Gasteiger partial charge in [-0.1, -0.05) is 5.92 Å². The molecule has 0 amide bonds. The van der Waals surface area contributed by atoms with Gasteiger partial charge in [-0.2, -0.15) is 10.5 Å². The van der Waals surface area contributed by atoms with Crippen LogP contribution in [0.3, 0.4) is 0 Å². The molecule has 2 heteroatoms. The van der Waals surface area contributed by atoms with E-state index in [4.69, 9.17) is 6.42 Å². The minimum Gasteiger partial charge on any atom is -0.154 e. The number of rotatable bonds is 1. The van der Waals surface area contributed by atoms with E-state index in [0.29, 0.717) is 5.92 Å². The summed E-state index contributed by atoms with van der Waals surface area (Å²) in [5, 5.41) is 4.06. The van der Waals surface area contributed by atoms with Gasteiger partial charge < -0.3 is 0 Å². The SMILES string of the molecule is C#CC1=C(C)[N]N=C1C1CC1. The predicted octanol–water partition coefficient (Wildman–Crippen LogP) is 1.28. The summed E-state index contributed by atoms with van der Waals surface area (Å²) < 4.78 is 0. The number of nitrogens with zero attached hydrogens (tertiary/aromatic N) is 2. The van der Waals surface area contributed by atoms with Crippen molar-refractivity contribution in [3.8, 4) is 12.3 Å². The highest BCUT2D eigenvalue weighted by molar-refractivity contribution is 6.08. The molecule has 0 unspecified atom stereocenters. The van der Waals surface area contributed by atoms with Crippen LogP contribution in [0.25, 0.3) is 0 Å². The second-order valence-electron chi connectivity index (χ2n) is 2.96. The highest BCUT2D eigenvalue weighted by Gasteiger charge is 2.33. The van der Waals surface area contributed by atoms with Crippen LogP contribution in [0.2, 0.25) is 0 Å². The Morgan fingerprint density at radius 2 is 2.27 bits per heavy atom. The first kappa shape index (κ1) is 6.48. The Labute approximate surface area is 66.4 Å². The summed E-state index contributed by atoms with van der Waals surface area (Å²) in [4.78, 5) is 0. The summed E-state index contributed by atoms with van der Waals surface area (Å²) in [5.74, 6) is 3.25. The fourth-order valence-corrected chi connectivity index (χ4v) is 1.24. The quantitative estimate of drug-likeness (QED) is 0.497. The van der Waals surface area contributed by atoms with E-state index in [1.165, 1.54) is 12.8 Å². The van der Waals surface area contributed by atoms with Crippen molar-refractivity contribution in [2.24, 2.45) is 11.0 Å². The molecule has 0 aromatic rings. The van der Waals surface area contributed by atoms with Crippen LogP contribution < -0.4 is 5.43 Å². The summed E-state index contributed by atoms with van der Waals surface area (Å²) in [7, 11) is 0. The molecule has 1 fully saturated rings. The van der Waals surface area contributed by atoms with Gasteiger partial charge >= 0.3 is 0 Å². The summed E-state index contributed by atoms with van der Waals surface area (Å²) in [6, 6.07) is 0. The van der Waals surface area contributed by atoms with E-state index in [0.717, 1.165) is 17.0 Å². The van der Waals surface area contributed by atoms with Crippen LogP contribution in [-0.2, 0) is 0 Å². The number of hydrogen-bond acceptors (Lipinski definition) is 1. The minimum absolute atomic E-state index is 0.613. The van der Waals surface area contributed by atoms with E-state index in [2.05, 4.69) is 16.4 Å². The molecule has 2 nitrogen and oxygen atoms in total. The Morgan fingerprint density at radius 1 is 1.55 bits per heavy atom. The van der Waals surface area contributed by atoms with Crippen LogP contribution in [0.15, 0.2) is 16.4 Å². The minimum atomic E-state index is 0.613. The fraction of sp³-hybridized carbons (Fsp3) is 0.444. The molecular weight excluding hydrogens is 136 g/mol. The topological polar surface area (TPSA) is 26.5 Å². The standard InChI is InChI=1S/C9H9N2/c1-3-8-6(2)10-11-9(8)7-4-5-7/h1,7H,4-5H2,2H3. The third-order valence-electron chi connectivity index (χ3n) is 2.03. The van der Waals surface area contributed by atoms with Gasteiger partial charge in [-0.25, -0.2) is 0 Å². The molecule has 0 aromatic carbocycles. The predicted molar refractivity (Wildman–Crippen MR) is 43.8 cm³/mol. The maximum Gasteiger partial charge on any atom is 0.0836 e. The zero-order chi connectivity index (χ0) is 7.84. The molecule has 0 saturated heterocycles. The van der Waals surface area contributed by atoms with Crippen LogP contribution in [0.4, 0.5) is 0 Å². The second-order valence-corrected chi connectivity index (χ2v) is 2.96. The van der Waals surface area contributed by atoms with Gasteiger partial charge in [0.05, 0.1) is 17.0 Å². The lowest BCUT2D eigenvalue weighted by molar-refractivity contribution is 0.887. The van der Waals surface area contributed by atoms with E-state index in [1.54, 1.807) is 0 Å². The summed E-state index contributed by atoms with van der Waals surface area (Å²) in [6.45, 7) is 1.91. The van der Waals surface area contributed by atoms with E-state index < -0.39 is 0 Å². The largest absolute Gasteiger partial charge is 0.154 e. The zero-order valence-corrected chi connectivity index (χ0v) is 6.46. The Hall–Kier alpha value is -1.23. The lowest BCUT2D eigenvalue weighted by Gasteiger charge is -1.93. The van der Waals surface area contributed by atoms with Gasteiger partial charge in [0.1, 0.15) is 0 Å². The molecule has 1 radical (unpaired) electrons. The lowest BCUT2D eigenvalue weighted by atomic mass is 10.1. The molecule has 2 aliphatic rings. The van der Waals surface area contributed by atoms with Gasteiger partial charge in [-0.15, -0.1) is 6.42 Å². The zero-order valence-electron chi connectivity index (χ0n) is 6.46. The van der Waals surface area contributed by atoms with Gasteiger partial charge in [0.15, 0.2) is 0 Å². The third kappa shape index (κ3) is 0.932. The van der Waals surface area contributed by atoms with Crippen molar-refractivity contribution in [2.45, 2.75) is 19.8 Å². The molecule has 1 saturated carbocycles. The Balaban J connectivity index is 2.30. The van der Waals surface area contributed by atoms with E-state index in [1.807, 2.05) is 6.92 Å². The average Bonchev–Trinajstić information content (AvgIpc) is 2.76. The molecule has 55 valence electrons. The Kier molecular flexibility index (Phi) is 1.25. The first-order valence-corrected chi connectivity index (χ1v) is 3.79. The first-order valence-electron chi connectivity index (χ1n) is 3.79. The van der Waals surface area contributed by atoms with Crippen molar-refractivity contribution in [3.63, 3.8) is 0 Å². The fourth-order valence-electron chi connectivity index (χ4n) is 1.24. The van der Waals surface area contributed by atoms with Crippen molar-refractivity contribution in [1.82, 2.24) is 5.43 Å². The molecule has 2 rings (SSSR count). The number of terminal acetylenes is 1. The van der Waals surface area contributed by atoms with E-state index in [-0.39, 0.29) is 0 Å². The smallest absolute Gasteiger partial charge is 0.0836 e. The number of hydrogen-bond donors (Lipinski definition) is 0. The maximum absolute atomic E-state index is 5.33. The molecular formula is C9H9N2. The first-order chi connectivity index (χ1) is 5.33. The molecule has 0 aromatic heterocycles. The highest BCUT2D eigenvalue weighted by atomic mass is 15.3. The second kappa shape index (κ2) is 2.13. The van der Waals surface area contributed by atoms with Crippen molar-refractivity contribution in [2.75, 3.05) is 0 Å². The summed E-state index contributed by atoms with van der Waals surface area (Å²) in [6.07, 6.45) is 7.79. The monoisotopic (exact) mass is 145 g/mol. The van der Waals surface area contributed by atoms with Gasteiger partial charge in [0.25, 0.3) is 0 Å². The average molecular weight is 145 g/mol. The third-order valence-corrected chi connectivity index (χ3v) is 2.03. The normalized spacial score (nSPS) is 22.7. The van der Waals surface area contributed by atoms with Gasteiger partial charge in [0.2, 0.25) is 0 Å². The molecule has 11 heavy (non-hydrogen) atoms. The van der Waals surface area contributed by atoms with E-state index in [9.17, 15) is 0 Å². The van der Waals surface area contributed by atoms with E-state index >= 15 is 0 Å². The van der Waals surface area contributed by atoms with Gasteiger partial charge in [-0.3, -0.25) is 0 Å². The molecule has 0 spiro atoms. The Morgan fingerprint density at radius 3 is 2.82 bits per heavy atom. The van der Waals surface area contributed by atoms with Crippen LogP contribution in [0, 0.1) is 18.3 Å². The lowest BCUT2D eigenvalue weighted by Crippen LogP contribution is -2.00. The van der Waals surface area contributed by atoms with Crippen molar-refractivity contribution in [1.29, 1.82) is 0 Å². The van der Waals surface area contributed by atoms with Crippen molar-refractivity contribution in [3.05, 3.63) is 11.3 Å². The van der Waals surface area contributed by atoms with Gasteiger partial charge in [0, 0.05) is 5.92 Å². The molecule has 1 aliphatic carbocycles. The molecule has 0 atom stereocenters. The Bertz CT molecular complexity index is 287. The van der Waals surface area contributed by atoms with Gasteiger partial charge in [-0.05, 0) is 19.8 Å². The van der Waals surface area contributed by atoms with Crippen LogP contribution in [0.1, 0.15) is 19.8 Å². The maximum atomic E-state index is 5.33. The summed E-state index contributed by atoms with van der Waals surface area (Å²) >= 11 is 0. The van der Waals surface area contributed by atoms with Crippen LogP contribution >= 0.6 is 0 Å².